The van der Waals surface area contributed by atoms with E-state index in [4.69, 9.17) is 10.5 Å². The second kappa shape index (κ2) is 5.24. The van der Waals surface area contributed by atoms with Gasteiger partial charge in [0.1, 0.15) is 0 Å². The largest absolute Gasteiger partial charge is 0.438 e. The van der Waals surface area contributed by atoms with E-state index < -0.39 is 0 Å². The van der Waals surface area contributed by atoms with Crippen LogP contribution in [-0.4, -0.2) is 19.9 Å². The fourth-order valence-electron chi connectivity index (χ4n) is 0.978. The maximum Gasteiger partial charge on any atom is 0.312 e. The Bertz CT molecular complexity index is 295. The molecule has 2 N–H and O–H groups in total. The van der Waals surface area contributed by atoms with Gasteiger partial charge in [-0.3, -0.25) is 4.79 Å². The lowest BCUT2D eigenvalue weighted by atomic mass is 10.1. The Balaban J connectivity index is 2.44. The van der Waals surface area contributed by atoms with Crippen molar-refractivity contribution < 1.29 is 14.3 Å². The summed E-state index contributed by atoms with van der Waals surface area (Å²) in [5.74, 6) is -0.309. The second-order valence-electron chi connectivity index (χ2n) is 2.84. The Hall–Kier alpha value is -1.55. The molecule has 0 amide bonds. The van der Waals surface area contributed by atoms with Crippen LogP contribution in [0.4, 0.5) is 5.69 Å². The first-order valence-corrected chi connectivity index (χ1v) is 4.21. The molecular weight excluding hydrogens is 182 g/mol. The number of hydrogen-bond donors (Lipinski definition) is 1. The van der Waals surface area contributed by atoms with E-state index in [2.05, 4.69) is 4.74 Å². The number of benzene rings is 1. The summed E-state index contributed by atoms with van der Waals surface area (Å²) in [6.07, 6.45) is 0.240. The van der Waals surface area contributed by atoms with Crippen LogP contribution in [-0.2, 0) is 20.7 Å². The monoisotopic (exact) mass is 195 g/mol. The summed E-state index contributed by atoms with van der Waals surface area (Å²) in [7, 11) is 1.47. The highest BCUT2D eigenvalue weighted by atomic mass is 16.7. The number of methoxy groups -OCH3 is 1. The molecule has 1 aromatic carbocycles. The fraction of sp³-hybridized carbons (Fsp3) is 0.300. The van der Waals surface area contributed by atoms with Crippen molar-refractivity contribution in [2.75, 3.05) is 19.6 Å². The molecule has 14 heavy (non-hydrogen) atoms. The van der Waals surface area contributed by atoms with Gasteiger partial charge >= 0.3 is 5.97 Å². The zero-order valence-electron chi connectivity index (χ0n) is 8.03. The summed E-state index contributed by atoms with van der Waals surface area (Å²) in [6.45, 7) is -0.00615. The molecule has 0 aromatic heterocycles. The number of rotatable bonds is 4. The molecule has 0 radical (unpaired) electrons. The predicted octanol–water partition coefficient (Wildman–Crippen LogP) is 0.958. The molecule has 76 valence electrons. The highest BCUT2D eigenvalue weighted by Crippen LogP contribution is 2.06. The van der Waals surface area contributed by atoms with Crippen LogP contribution in [0.25, 0.3) is 0 Å². The van der Waals surface area contributed by atoms with Gasteiger partial charge in [0.15, 0.2) is 6.79 Å². The first-order chi connectivity index (χ1) is 6.72. The van der Waals surface area contributed by atoms with Crippen molar-refractivity contribution in [3.8, 4) is 0 Å². The van der Waals surface area contributed by atoms with Crippen LogP contribution in [0.3, 0.4) is 0 Å². The van der Waals surface area contributed by atoms with E-state index in [0.29, 0.717) is 5.69 Å². The molecule has 1 aromatic rings. The van der Waals surface area contributed by atoms with Crippen molar-refractivity contribution in [2.45, 2.75) is 6.42 Å². The molecule has 0 saturated heterocycles. The summed E-state index contributed by atoms with van der Waals surface area (Å²) < 4.78 is 9.34. The number of nitrogens with two attached hydrogens (primary N) is 1. The van der Waals surface area contributed by atoms with Gasteiger partial charge in [-0.2, -0.15) is 0 Å². The highest BCUT2D eigenvalue weighted by molar-refractivity contribution is 5.72. The van der Waals surface area contributed by atoms with Gasteiger partial charge in [-0.15, -0.1) is 0 Å². The Morgan fingerprint density at radius 1 is 1.36 bits per heavy atom. The molecule has 0 aliphatic heterocycles. The van der Waals surface area contributed by atoms with E-state index in [9.17, 15) is 4.79 Å². The van der Waals surface area contributed by atoms with Crippen LogP contribution in [0.15, 0.2) is 24.3 Å². The summed E-state index contributed by atoms with van der Waals surface area (Å²) in [6, 6.07) is 7.09. The minimum Gasteiger partial charge on any atom is -0.438 e. The molecular formula is C10H13NO3. The van der Waals surface area contributed by atoms with Gasteiger partial charge in [-0.25, -0.2) is 0 Å². The van der Waals surface area contributed by atoms with Crippen molar-refractivity contribution in [2.24, 2.45) is 0 Å². The number of anilines is 1. The molecule has 1 rings (SSSR count). The standard InChI is InChI=1S/C10H13NO3/c1-13-7-14-10(12)6-8-2-4-9(11)5-3-8/h2-5H,6-7,11H2,1H3. The van der Waals surface area contributed by atoms with Gasteiger partial charge in [0.2, 0.25) is 0 Å². The molecule has 0 spiro atoms. The maximum absolute atomic E-state index is 11.1. The third-order valence-electron chi connectivity index (χ3n) is 1.67. The number of hydrogen-bond acceptors (Lipinski definition) is 4. The molecule has 0 fully saturated rings. The van der Waals surface area contributed by atoms with Crippen molar-refractivity contribution in [3.63, 3.8) is 0 Å². The minimum atomic E-state index is -0.309. The summed E-state index contributed by atoms with van der Waals surface area (Å²) >= 11 is 0. The minimum absolute atomic E-state index is 0.00615. The van der Waals surface area contributed by atoms with Crippen molar-refractivity contribution in [3.05, 3.63) is 29.8 Å². The topological polar surface area (TPSA) is 61.5 Å². The average molecular weight is 195 g/mol. The van der Waals surface area contributed by atoms with Crippen molar-refractivity contribution in [1.82, 2.24) is 0 Å². The highest BCUT2D eigenvalue weighted by Gasteiger charge is 2.03. The number of carbonyl (C=O) groups is 1. The van der Waals surface area contributed by atoms with Gasteiger partial charge in [0.05, 0.1) is 6.42 Å². The number of ether oxygens (including phenoxy) is 2. The molecule has 0 bridgehead atoms. The van der Waals surface area contributed by atoms with E-state index in [1.807, 2.05) is 0 Å². The van der Waals surface area contributed by atoms with Crippen LogP contribution >= 0.6 is 0 Å². The van der Waals surface area contributed by atoms with Gasteiger partial charge in [0.25, 0.3) is 0 Å². The lowest BCUT2D eigenvalue weighted by molar-refractivity contribution is -0.153. The smallest absolute Gasteiger partial charge is 0.312 e. The first-order valence-electron chi connectivity index (χ1n) is 4.21. The summed E-state index contributed by atoms with van der Waals surface area (Å²) in [5.41, 5.74) is 7.06. The zero-order chi connectivity index (χ0) is 10.4. The van der Waals surface area contributed by atoms with Crippen molar-refractivity contribution >= 4 is 11.7 Å². The zero-order valence-corrected chi connectivity index (χ0v) is 8.03. The third kappa shape index (κ3) is 3.45. The van der Waals surface area contributed by atoms with Crippen LogP contribution in [0.5, 0.6) is 0 Å². The molecule has 0 aliphatic carbocycles. The SMILES string of the molecule is COCOC(=O)Cc1ccc(N)cc1. The Morgan fingerprint density at radius 2 is 2.00 bits per heavy atom. The lowest BCUT2D eigenvalue weighted by Gasteiger charge is -2.03. The second-order valence-corrected chi connectivity index (χ2v) is 2.84. The Morgan fingerprint density at radius 3 is 2.57 bits per heavy atom. The lowest BCUT2D eigenvalue weighted by Crippen LogP contribution is -2.09. The molecule has 0 unspecified atom stereocenters. The summed E-state index contributed by atoms with van der Waals surface area (Å²) in [4.78, 5) is 11.1. The van der Waals surface area contributed by atoms with E-state index >= 15 is 0 Å². The molecule has 0 atom stereocenters. The van der Waals surface area contributed by atoms with Gasteiger partial charge in [-0.05, 0) is 17.7 Å². The molecule has 0 saturated carbocycles. The van der Waals surface area contributed by atoms with Crippen LogP contribution < -0.4 is 5.73 Å². The van der Waals surface area contributed by atoms with Gasteiger partial charge in [-0.1, -0.05) is 12.1 Å². The van der Waals surface area contributed by atoms with Crippen LogP contribution in [0.1, 0.15) is 5.56 Å². The molecule has 0 aliphatic rings. The third-order valence-corrected chi connectivity index (χ3v) is 1.67. The predicted molar refractivity (Wildman–Crippen MR) is 52.5 cm³/mol. The number of carbonyl (C=O) groups excluding carboxylic acids is 1. The maximum atomic E-state index is 11.1. The molecule has 4 nitrogen and oxygen atoms in total. The quantitative estimate of drug-likeness (QED) is 0.441. The molecule has 4 heteroatoms. The van der Waals surface area contributed by atoms with Crippen LogP contribution in [0, 0.1) is 0 Å². The Labute approximate surface area is 82.6 Å². The fourth-order valence-corrected chi connectivity index (χ4v) is 0.978. The molecule has 0 heterocycles. The average Bonchev–Trinajstić information content (AvgIpc) is 2.18. The van der Waals surface area contributed by atoms with Gasteiger partial charge in [0, 0.05) is 12.8 Å². The van der Waals surface area contributed by atoms with Crippen LogP contribution in [0.2, 0.25) is 0 Å². The normalized spacial score (nSPS) is 9.79. The number of nitrogen functional groups attached to an aromatic ring is 1. The van der Waals surface area contributed by atoms with E-state index in [1.165, 1.54) is 7.11 Å². The van der Waals surface area contributed by atoms with E-state index in [0.717, 1.165) is 5.56 Å². The summed E-state index contributed by atoms with van der Waals surface area (Å²) in [5, 5.41) is 0. The first kappa shape index (κ1) is 10.5. The van der Waals surface area contributed by atoms with E-state index in [-0.39, 0.29) is 19.2 Å². The van der Waals surface area contributed by atoms with E-state index in [1.54, 1.807) is 24.3 Å². The number of esters is 1. The Kier molecular flexibility index (Phi) is 3.94. The van der Waals surface area contributed by atoms with Gasteiger partial charge < -0.3 is 15.2 Å². The van der Waals surface area contributed by atoms with Crippen molar-refractivity contribution in [1.29, 1.82) is 0 Å².